The van der Waals surface area contributed by atoms with E-state index in [1.54, 1.807) is 0 Å². The van der Waals surface area contributed by atoms with Gasteiger partial charge < -0.3 is 15.2 Å². The third kappa shape index (κ3) is 3.47. The van der Waals surface area contributed by atoms with Gasteiger partial charge in [0.25, 0.3) is 0 Å². The number of benzene rings is 1. The molecule has 4 heteroatoms. The van der Waals surface area contributed by atoms with Crippen LogP contribution in [0.2, 0.25) is 0 Å². The Morgan fingerprint density at radius 1 is 1.33 bits per heavy atom. The van der Waals surface area contributed by atoms with Crippen molar-refractivity contribution in [1.82, 2.24) is 5.32 Å². The maximum Gasteiger partial charge on any atom is 0.225 e. The van der Waals surface area contributed by atoms with Crippen molar-refractivity contribution in [3.63, 3.8) is 0 Å². The van der Waals surface area contributed by atoms with Gasteiger partial charge in [-0.15, -0.1) is 0 Å². The molecule has 0 spiro atoms. The highest BCUT2D eigenvalue weighted by atomic mass is 16.5. The molecule has 18 heavy (non-hydrogen) atoms. The van der Waals surface area contributed by atoms with Crippen LogP contribution in [0.25, 0.3) is 0 Å². The summed E-state index contributed by atoms with van der Waals surface area (Å²) < 4.78 is 5.47. The monoisotopic (exact) mass is 249 g/mol. The summed E-state index contributed by atoms with van der Waals surface area (Å²) in [6, 6.07) is 9.49. The molecular formula is C14H19NO3. The Labute approximate surface area is 107 Å². The minimum atomic E-state index is -0.472. The molecule has 2 rings (SSSR count). The number of rotatable bonds is 5. The van der Waals surface area contributed by atoms with E-state index in [0.29, 0.717) is 13.2 Å². The fourth-order valence-corrected chi connectivity index (χ4v) is 2.24. The average Bonchev–Trinajstić information content (AvgIpc) is 2.82. The van der Waals surface area contributed by atoms with Gasteiger partial charge in [0, 0.05) is 0 Å². The fourth-order valence-electron chi connectivity index (χ4n) is 2.24. The number of hydrogen-bond acceptors (Lipinski definition) is 3. The Hall–Kier alpha value is -1.55. The molecule has 2 unspecified atom stereocenters. The molecule has 2 N–H and O–H groups in total. The van der Waals surface area contributed by atoms with Gasteiger partial charge in [-0.3, -0.25) is 4.79 Å². The van der Waals surface area contributed by atoms with E-state index in [0.717, 1.165) is 25.0 Å². The van der Waals surface area contributed by atoms with Crippen molar-refractivity contribution >= 4 is 5.91 Å². The van der Waals surface area contributed by atoms with Gasteiger partial charge in [-0.25, -0.2) is 0 Å². The van der Waals surface area contributed by atoms with Crippen LogP contribution in [-0.4, -0.2) is 30.3 Å². The largest absolute Gasteiger partial charge is 0.492 e. The van der Waals surface area contributed by atoms with Gasteiger partial charge in [-0.2, -0.15) is 0 Å². The Bertz CT molecular complexity index is 380. The standard InChI is InChI=1S/C14H19NO3/c16-13-8-4-7-12(13)14(17)15-9-10-18-11-5-2-1-3-6-11/h1-3,5-6,12-13,16H,4,7-10H2,(H,15,17). The normalized spacial score (nSPS) is 22.7. The summed E-state index contributed by atoms with van der Waals surface area (Å²) in [5.41, 5.74) is 0. The summed E-state index contributed by atoms with van der Waals surface area (Å²) in [6.45, 7) is 0.912. The average molecular weight is 249 g/mol. The SMILES string of the molecule is O=C(NCCOc1ccccc1)C1CCCC1O. The van der Waals surface area contributed by atoms with E-state index in [2.05, 4.69) is 5.32 Å². The van der Waals surface area contributed by atoms with Crippen LogP contribution in [0, 0.1) is 5.92 Å². The molecule has 0 heterocycles. The van der Waals surface area contributed by atoms with Crippen molar-refractivity contribution in [3.8, 4) is 5.75 Å². The molecule has 1 aliphatic carbocycles. The first-order chi connectivity index (χ1) is 8.77. The van der Waals surface area contributed by atoms with Crippen LogP contribution in [0.3, 0.4) is 0 Å². The molecule has 2 atom stereocenters. The molecule has 1 aromatic carbocycles. The van der Waals surface area contributed by atoms with Crippen molar-refractivity contribution < 1.29 is 14.6 Å². The van der Waals surface area contributed by atoms with Crippen LogP contribution < -0.4 is 10.1 Å². The Kier molecular flexibility index (Phi) is 4.59. The van der Waals surface area contributed by atoms with Crippen LogP contribution >= 0.6 is 0 Å². The van der Waals surface area contributed by atoms with E-state index in [4.69, 9.17) is 4.74 Å². The maximum absolute atomic E-state index is 11.7. The first-order valence-corrected chi connectivity index (χ1v) is 6.41. The minimum absolute atomic E-state index is 0.0586. The zero-order valence-electron chi connectivity index (χ0n) is 10.3. The van der Waals surface area contributed by atoms with Gasteiger partial charge in [-0.05, 0) is 31.4 Å². The molecular weight excluding hydrogens is 230 g/mol. The molecule has 0 radical (unpaired) electrons. The predicted molar refractivity (Wildman–Crippen MR) is 68.3 cm³/mol. The Morgan fingerprint density at radius 2 is 2.11 bits per heavy atom. The second-order valence-corrected chi connectivity index (χ2v) is 4.56. The van der Waals surface area contributed by atoms with Gasteiger partial charge in [0.1, 0.15) is 12.4 Å². The van der Waals surface area contributed by atoms with Crippen LogP contribution in [0.5, 0.6) is 5.75 Å². The van der Waals surface area contributed by atoms with Gasteiger partial charge in [0.05, 0.1) is 18.6 Å². The van der Waals surface area contributed by atoms with E-state index in [-0.39, 0.29) is 11.8 Å². The molecule has 4 nitrogen and oxygen atoms in total. The maximum atomic E-state index is 11.7. The number of amides is 1. The number of carbonyl (C=O) groups excluding carboxylic acids is 1. The molecule has 0 aromatic heterocycles. The molecule has 98 valence electrons. The van der Waals surface area contributed by atoms with E-state index in [1.807, 2.05) is 30.3 Å². The molecule has 1 fully saturated rings. The molecule has 1 aromatic rings. The number of ether oxygens (including phenoxy) is 1. The van der Waals surface area contributed by atoms with Crippen molar-refractivity contribution in [2.45, 2.75) is 25.4 Å². The topological polar surface area (TPSA) is 58.6 Å². The molecule has 1 aliphatic rings. The third-order valence-corrected chi connectivity index (χ3v) is 3.23. The summed E-state index contributed by atoms with van der Waals surface area (Å²) >= 11 is 0. The highest BCUT2D eigenvalue weighted by Crippen LogP contribution is 2.25. The zero-order chi connectivity index (χ0) is 12.8. The lowest BCUT2D eigenvalue weighted by molar-refractivity contribution is -0.127. The van der Waals surface area contributed by atoms with Crippen LogP contribution in [-0.2, 0) is 4.79 Å². The number of nitrogens with one attached hydrogen (secondary N) is 1. The van der Waals surface area contributed by atoms with Crippen molar-refractivity contribution in [2.24, 2.45) is 5.92 Å². The molecule has 1 saturated carbocycles. The van der Waals surface area contributed by atoms with Crippen molar-refractivity contribution in [3.05, 3.63) is 30.3 Å². The number of carbonyl (C=O) groups is 1. The molecule has 0 bridgehead atoms. The van der Waals surface area contributed by atoms with E-state index < -0.39 is 6.10 Å². The predicted octanol–water partition coefficient (Wildman–Crippen LogP) is 1.34. The lowest BCUT2D eigenvalue weighted by Crippen LogP contribution is -2.36. The lowest BCUT2D eigenvalue weighted by atomic mass is 10.1. The van der Waals surface area contributed by atoms with Crippen molar-refractivity contribution in [2.75, 3.05) is 13.2 Å². The first kappa shape index (κ1) is 12.9. The third-order valence-electron chi connectivity index (χ3n) is 3.23. The van der Waals surface area contributed by atoms with Crippen LogP contribution in [0.1, 0.15) is 19.3 Å². The smallest absolute Gasteiger partial charge is 0.225 e. The molecule has 0 saturated heterocycles. The summed E-state index contributed by atoms with van der Waals surface area (Å²) in [5, 5.41) is 12.4. The van der Waals surface area contributed by atoms with Gasteiger partial charge in [-0.1, -0.05) is 18.2 Å². The van der Waals surface area contributed by atoms with E-state index in [1.165, 1.54) is 0 Å². The minimum Gasteiger partial charge on any atom is -0.492 e. The summed E-state index contributed by atoms with van der Waals surface area (Å²) in [5.74, 6) is 0.506. The van der Waals surface area contributed by atoms with Gasteiger partial charge in [0.2, 0.25) is 5.91 Å². The number of aliphatic hydroxyl groups is 1. The van der Waals surface area contributed by atoms with Crippen molar-refractivity contribution in [1.29, 1.82) is 0 Å². The quantitative estimate of drug-likeness (QED) is 0.774. The second-order valence-electron chi connectivity index (χ2n) is 4.56. The highest BCUT2D eigenvalue weighted by Gasteiger charge is 2.30. The number of hydrogen-bond donors (Lipinski definition) is 2. The first-order valence-electron chi connectivity index (χ1n) is 6.41. The summed E-state index contributed by atoms with van der Waals surface area (Å²) in [6.07, 6.45) is 1.98. The lowest BCUT2D eigenvalue weighted by Gasteiger charge is -2.14. The van der Waals surface area contributed by atoms with Gasteiger partial charge in [0.15, 0.2) is 0 Å². The number of aliphatic hydroxyl groups excluding tert-OH is 1. The highest BCUT2D eigenvalue weighted by molar-refractivity contribution is 5.79. The number of para-hydroxylation sites is 1. The van der Waals surface area contributed by atoms with Crippen LogP contribution in [0.4, 0.5) is 0 Å². The molecule has 1 amide bonds. The summed E-state index contributed by atoms with van der Waals surface area (Å²) in [7, 11) is 0. The molecule has 0 aliphatic heterocycles. The van der Waals surface area contributed by atoms with Gasteiger partial charge >= 0.3 is 0 Å². The Balaban J connectivity index is 1.65. The zero-order valence-corrected chi connectivity index (χ0v) is 10.3. The fraction of sp³-hybridized carbons (Fsp3) is 0.500. The Morgan fingerprint density at radius 3 is 2.78 bits per heavy atom. The van der Waals surface area contributed by atoms with E-state index >= 15 is 0 Å². The second kappa shape index (κ2) is 6.40. The van der Waals surface area contributed by atoms with E-state index in [9.17, 15) is 9.90 Å². The van der Waals surface area contributed by atoms with Crippen LogP contribution in [0.15, 0.2) is 30.3 Å². The summed E-state index contributed by atoms with van der Waals surface area (Å²) in [4.78, 5) is 11.7.